The quantitative estimate of drug-likeness (QED) is 0.671. The monoisotopic (exact) mass is 178 g/mol. The average Bonchev–Trinajstić information content (AvgIpc) is 2.49. The van der Waals surface area contributed by atoms with Gasteiger partial charge in [-0.1, -0.05) is 13.8 Å². The van der Waals surface area contributed by atoms with Gasteiger partial charge in [0.15, 0.2) is 0 Å². The van der Waals surface area contributed by atoms with Gasteiger partial charge in [0.25, 0.3) is 0 Å². The van der Waals surface area contributed by atoms with Crippen molar-refractivity contribution in [3.63, 3.8) is 0 Å². The first-order valence-electron chi connectivity index (χ1n) is 3.97. The molecule has 0 atom stereocenters. The molecule has 0 aliphatic carbocycles. The van der Waals surface area contributed by atoms with Crippen LogP contribution in [-0.4, -0.2) is 9.97 Å². The van der Waals surface area contributed by atoms with E-state index in [2.05, 4.69) is 23.8 Å². The van der Waals surface area contributed by atoms with Crippen LogP contribution in [0, 0.1) is 0 Å². The Hall–Kier alpha value is -0.960. The Morgan fingerprint density at radius 2 is 2.17 bits per heavy atom. The summed E-state index contributed by atoms with van der Waals surface area (Å²) in [7, 11) is 0. The van der Waals surface area contributed by atoms with Crippen molar-refractivity contribution in [1.29, 1.82) is 0 Å². The van der Waals surface area contributed by atoms with Crippen molar-refractivity contribution < 1.29 is 0 Å². The van der Waals surface area contributed by atoms with Crippen LogP contribution in [-0.2, 0) is 0 Å². The molecule has 2 rings (SSSR count). The lowest BCUT2D eigenvalue weighted by Gasteiger charge is -2.03. The maximum atomic E-state index is 4.35. The number of rotatable bonds is 1. The van der Waals surface area contributed by atoms with Crippen LogP contribution < -0.4 is 0 Å². The molecule has 0 unspecified atom stereocenters. The Balaban J connectivity index is 2.73. The fourth-order valence-electron chi connectivity index (χ4n) is 1.22. The molecule has 3 heteroatoms. The van der Waals surface area contributed by atoms with Crippen molar-refractivity contribution in [1.82, 2.24) is 9.97 Å². The van der Waals surface area contributed by atoms with Gasteiger partial charge in [0.05, 0.1) is 21.4 Å². The van der Waals surface area contributed by atoms with Gasteiger partial charge in [-0.15, -0.1) is 11.3 Å². The third kappa shape index (κ3) is 1.10. The summed E-state index contributed by atoms with van der Waals surface area (Å²) in [4.78, 5) is 8.59. The molecular formula is C9H10N2S. The molecule has 0 spiro atoms. The van der Waals surface area contributed by atoms with Gasteiger partial charge in [0, 0.05) is 6.20 Å². The molecular weight excluding hydrogens is 168 g/mol. The minimum atomic E-state index is 0.481. The summed E-state index contributed by atoms with van der Waals surface area (Å²) in [6, 6.07) is 1.96. The molecule has 2 aromatic heterocycles. The highest BCUT2D eigenvalue weighted by molar-refractivity contribution is 7.16. The largest absolute Gasteiger partial charge is 0.259 e. The highest BCUT2D eigenvalue weighted by atomic mass is 32.1. The number of hydrogen-bond donors (Lipinski definition) is 0. The zero-order valence-corrected chi connectivity index (χ0v) is 7.93. The molecule has 0 N–H and O–H groups in total. The van der Waals surface area contributed by atoms with Gasteiger partial charge >= 0.3 is 0 Å². The Bertz CT molecular complexity index is 392. The maximum Gasteiger partial charge on any atom is 0.0846 e. The van der Waals surface area contributed by atoms with Crippen LogP contribution in [0.5, 0.6) is 0 Å². The van der Waals surface area contributed by atoms with Crippen molar-refractivity contribution in [2.75, 3.05) is 0 Å². The molecule has 0 fully saturated rings. The summed E-state index contributed by atoms with van der Waals surface area (Å²) in [5, 5.41) is 0. The molecule has 0 radical (unpaired) electrons. The molecule has 0 amide bonds. The summed E-state index contributed by atoms with van der Waals surface area (Å²) < 4.78 is 1.23. The van der Waals surface area contributed by atoms with Crippen LogP contribution in [0.25, 0.3) is 10.2 Å². The Morgan fingerprint density at radius 1 is 1.33 bits per heavy atom. The van der Waals surface area contributed by atoms with E-state index in [1.807, 2.05) is 17.8 Å². The van der Waals surface area contributed by atoms with E-state index in [-0.39, 0.29) is 0 Å². The molecule has 62 valence electrons. The first kappa shape index (κ1) is 7.68. The van der Waals surface area contributed by atoms with Crippen LogP contribution in [0.4, 0.5) is 0 Å². The van der Waals surface area contributed by atoms with Gasteiger partial charge in [-0.2, -0.15) is 0 Å². The molecule has 0 bridgehead atoms. The molecule has 0 aliphatic heterocycles. The number of aromatic nitrogens is 2. The standard InChI is InChI=1S/C9H10N2S/c1-6(2)8-9-7(3-4-10-8)11-5-12-9/h3-6H,1-2H3. The van der Waals surface area contributed by atoms with Gasteiger partial charge < -0.3 is 0 Å². The average molecular weight is 178 g/mol. The zero-order valence-electron chi connectivity index (χ0n) is 7.11. The van der Waals surface area contributed by atoms with E-state index in [0.717, 1.165) is 11.2 Å². The molecule has 0 aromatic carbocycles. The second-order valence-corrected chi connectivity index (χ2v) is 3.91. The Morgan fingerprint density at radius 3 is 2.92 bits per heavy atom. The van der Waals surface area contributed by atoms with E-state index in [1.54, 1.807) is 11.3 Å². The smallest absolute Gasteiger partial charge is 0.0846 e. The minimum Gasteiger partial charge on any atom is -0.259 e. The third-order valence-corrected chi connectivity index (χ3v) is 2.69. The van der Waals surface area contributed by atoms with Crippen molar-refractivity contribution in [3.05, 3.63) is 23.5 Å². The van der Waals surface area contributed by atoms with Gasteiger partial charge in [0.2, 0.25) is 0 Å². The molecule has 12 heavy (non-hydrogen) atoms. The fourth-order valence-corrected chi connectivity index (χ4v) is 2.15. The van der Waals surface area contributed by atoms with E-state index in [1.165, 1.54) is 4.70 Å². The van der Waals surface area contributed by atoms with Crippen molar-refractivity contribution in [3.8, 4) is 0 Å². The van der Waals surface area contributed by atoms with E-state index < -0.39 is 0 Å². The summed E-state index contributed by atoms with van der Waals surface area (Å²) in [6.07, 6.45) is 1.83. The van der Waals surface area contributed by atoms with Crippen LogP contribution in [0.15, 0.2) is 17.8 Å². The van der Waals surface area contributed by atoms with Crippen LogP contribution >= 0.6 is 11.3 Å². The van der Waals surface area contributed by atoms with Crippen LogP contribution in [0.1, 0.15) is 25.5 Å². The highest BCUT2D eigenvalue weighted by Crippen LogP contribution is 2.25. The van der Waals surface area contributed by atoms with Crippen LogP contribution in [0.2, 0.25) is 0 Å². The molecule has 2 heterocycles. The SMILES string of the molecule is CC(C)c1nccc2ncsc12. The summed E-state index contributed by atoms with van der Waals surface area (Å²) in [5.41, 5.74) is 4.10. The highest BCUT2D eigenvalue weighted by Gasteiger charge is 2.07. The Kier molecular flexibility index (Phi) is 1.81. The lowest BCUT2D eigenvalue weighted by molar-refractivity contribution is 0.836. The van der Waals surface area contributed by atoms with Gasteiger partial charge in [-0.05, 0) is 12.0 Å². The molecule has 0 saturated heterocycles. The van der Waals surface area contributed by atoms with Gasteiger partial charge in [-0.3, -0.25) is 4.98 Å². The molecule has 0 saturated carbocycles. The number of hydrogen-bond acceptors (Lipinski definition) is 3. The van der Waals surface area contributed by atoms with Gasteiger partial charge in [0.1, 0.15) is 0 Å². The normalized spacial score (nSPS) is 11.2. The second kappa shape index (κ2) is 2.83. The van der Waals surface area contributed by atoms with E-state index in [9.17, 15) is 0 Å². The first-order chi connectivity index (χ1) is 5.79. The van der Waals surface area contributed by atoms with Gasteiger partial charge in [-0.25, -0.2) is 4.98 Å². The maximum absolute atomic E-state index is 4.35. The lowest BCUT2D eigenvalue weighted by Crippen LogP contribution is -1.91. The number of nitrogens with zero attached hydrogens (tertiary/aromatic N) is 2. The number of pyridine rings is 1. The number of fused-ring (bicyclic) bond motifs is 1. The molecule has 2 nitrogen and oxygen atoms in total. The minimum absolute atomic E-state index is 0.481. The number of thiazole rings is 1. The molecule has 0 aliphatic rings. The Labute approximate surface area is 75.3 Å². The summed E-state index contributed by atoms with van der Waals surface area (Å²) in [6.45, 7) is 4.31. The molecule has 2 aromatic rings. The predicted octanol–water partition coefficient (Wildman–Crippen LogP) is 2.81. The lowest BCUT2D eigenvalue weighted by atomic mass is 10.1. The van der Waals surface area contributed by atoms with Crippen molar-refractivity contribution in [2.24, 2.45) is 0 Å². The fraction of sp³-hybridized carbons (Fsp3) is 0.333. The third-order valence-electron chi connectivity index (χ3n) is 1.82. The zero-order chi connectivity index (χ0) is 8.55. The topological polar surface area (TPSA) is 25.8 Å². The first-order valence-corrected chi connectivity index (χ1v) is 4.85. The summed E-state index contributed by atoms with van der Waals surface area (Å²) >= 11 is 1.67. The van der Waals surface area contributed by atoms with Crippen molar-refractivity contribution in [2.45, 2.75) is 19.8 Å². The van der Waals surface area contributed by atoms with E-state index in [0.29, 0.717) is 5.92 Å². The second-order valence-electron chi connectivity index (χ2n) is 3.05. The van der Waals surface area contributed by atoms with E-state index in [4.69, 9.17) is 0 Å². The van der Waals surface area contributed by atoms with E-state index >= 15 is 0 Å². The predicted molar refractivity (Wildman–Crippen MR) is 51.5 cm³/mol. The van der Waals surface area contributed by atoms with Crippen LogP contribution in [0.3, 0.4) is 0 Å². The van der Waals surface area contributed by atoms with Crippen molar-refractivity contribution >= 4 is 21.6 Å². The summed E-state index contributed by atoms with van der Waals surface area (Å²) in [5.74, 6) is 0.481.